The van der Waals surface area contributed by atoms with Gasteiger partial charge in [0.15, 0.2) is 0 Å². The van der Waals surface area contributed by atoms with E-state index >= 15 is 0 Å². The second-order valence-corrected chi connectivity index (χ2v) is 6.97. The summed E-state index contributed by atoms with van der Waals surface area (Å²) in [5.41, 5.74) is 3.44. The summed E-state index contributed by atoms with van der Waals surface area (Å²) in [5.74, 6) is 1.15. The average molecular weight is 263 g/mol. The Morgan fingerprint density at radius 3 is 2.78 bits per heavy atom. The molecule has 2 rings (SSSR count). The molecule has 18 heavy (non-hydrogen) atoms. The van der Waals surface area contributed by atoms with Gasteiger partial charge in [-0.3, -0.25) is 0 Å². The SMILES string of the molecule is CCC(C)(C)NCCSc1ccc2c(c1)CCC2. The van der Waals surface area contributed by atoms with Crippen molar-refractivity contribution in [1.82, 2.24) is 5.32 Å². The van der Waals surface area contributed by atoms with Crippen LogP contribution in [0.2, 0.25) is 0 Å². The van der Waals surface area contributed by atoms with Crippen molar-refractivity contribution in [2.24, 2.45) is 0 Å². The van der Waals surface area contributed by atoms with Crippen LogP contribution in [-0.2, 0) is 12.8 Å². The largest absolute Gasteiger partial charge is 0.311 e. The normalized spacial score (nSPS) is 14.8. The molecule has 1 N–H and O–H groups in total. The van der Waals surface area contributed by atoms with E-state index in [2.05, 4.69) is 44.3 Å². The van der Waals surface area contributed by atoms with Gasteiger partial charge in [-0.1, -0.05) is 13.0 Å². The highest BCUT2D eigenvalue weighted by Gasteiger charge is 2.13. The summed E-state index contributed by atoms with van der Waals surface area (Å²) >= 11 is 1.98. The Morgan fingerprint density at radius 1 is 1.22 bits per heavy atom. The fourth-order valence-corrected chi connectivity index (χ4v) is 3.15. The van der Waals surface area contributed by atoms with Crippen LogP contribution in [0.15, 0.2) is 23.1 Å². The van der Waals surface area contributed by atoms with E-state index in [1.165, 1.54) is 30.6 Å². The van der Waals surface area contributed by atoms with E-state index in [1.807, 2.05) is 11.8 Å². The van der Waals surface area contributed by atoms with Crippen LogP contribution < -0.4 is 5.32 Å². The molecule has 0 saturated heterocycles. The van der Waals surface area contributed by atoms with E-state index in [-0.39, 0.29) is 5.54 Å². The molecule has 0 aromatic heterocycles. The highest BCUT2D eigenvalue weighted by atomic mass is 32.2. The molecule has 1 aromatic rings. The molecule has 2 heteroatoms. The highest BCUT2D eigenvalue weighted by Crippen LogP contribution is 2.27. The minimum atomic E-state index is 0.276. The Morgan fingerprint density at radius 2 is 2.00 bits per heavy atom. The summed E-state index contributed by atoms with van der Waals surface area (Å²) in [6.07, 6.45) is 5.09. The molecule has 0 bridgehead atoms. The maximum absolute atomic E-state index is 3.61. The van der Waals surface area contributed by atoms with Crippen LogP contribution in [-0.4, -0.2) is 17.8 Å². The van der Waals surface area contributed by atoms with Crippen LogP contribution in [0.4, 0.5) is 0 Å². The van der Waals surface area contributed by atoms with E-state index in [4.69, 9.17) is 0 Å². The minimum Gasteiger partial charge on any atom is -0.311 e. The van der Waals surface area contributed by atoms with Gasteiger partial charge in [0.1, 0.15) is 0 Å². The van der Waals surface area contributed by atoms with Crippen LogP contribution >= 0.6 is 11.8 Å². The maximum atomic E-state index is 3.61. The van der Waals surface area contributed by atoms with Crippen molar-refractivity contribution in [3.05, 3.63) is 29.3 Å². The Kier molecular flexibility index (Phi) is 4.74. The molecule has 0 aliphatic heterocycles. The average Bonchev–Trinajstić information content (AvgIpc) is 2.82. The van der Waals surface area contributed by atoms with E-state index in [1.54, 1.807) is 11.1 Å². The summed E-state index contributed by atoms with van der Waals surface area (Å²) in [7, 11) is 0. The van der Waals surface area contributed by atoms with Crippen LogP contribution in [0.5, 0.6) is 0 Å². The topological polar surface area (TPSA) is 12.0 Å². The lowest BCUT2D eigenvalue weighted by molar-refractivity contribution is 0.388. The number of hydrogen-bond acceptors (Lipinski definition) is 2. The van der Waals surface area contributed by atoms with E-state index in [0.29, 0.717) is 0 Å². The zero-order valence-electron chi connectivity index (χ0n) is 11.9. The van der Waals surface area contributed by atoms with Gasteiger partial charge in [0.2, 0.25) is 0 Å². The van der Waals surface area contributed by atoms with Crippen molar-refractivity contribution in [3.63, 3.8) is 0 Å². The number of fused-ring (bicyclic) bond motifs is 1. The van der Waals surface area contributed by atoms with Crippen LogP contribution in [0.3, 0.4) is 0 Å². The lowest BCUT2D eigenvalue weighted by Gasteiger charge is -2.24. The lowest BCUT2D eigenvalue weighted by atomic mass is 10.0. The Hall–Kier alpha value is -0.470. The highest BCUT2D eigenvalue weighted by molar-refractivity contribution is 7.99. The number of thioether (sulfide) groups is 1. The number of hydrogen-bond donors (Lipinski definition) is 1. The van der Waals surface area contributed by atoms with E-state index in [9.17, 15) is 0 Å². The molecule has 0 unspecified atom stereocenters. The zero-order chi connectivity index (χ0) is 13.0. The molecule has 0 saturated carbocycles. The molecule has 1 aliphatic carbocycles. The molecule has 1 aliphatic rings. The zero-order valence-corrected chi connectivity index (χ0v) is 12.7. The third-order valence-corrected chi connectivity index (χ3v) is 4.92. The Bertz CT molecular complexity index is 398. The van der Waals surface area contributed by atoms with Gasteiger partial charge in [0, 0.05) is 22.7 Å². The standard InChI is InChI=1S/C16H25NS/c1-4-16(2,3)17-10-11-18-15-9-8-13-6-5-7-14(13)12-15/h8-9,12,17H,4-7,10-11H2,1-3H3. The molecule has 0 atom stereocenters. The smallest absolute Gasteiger partial charge is 0.0122 e. The van der Waals surface area contributed by atoms with Crippen LogP contribution in [0, 0.1) is 0 Å². The molecule has 1 aromatic carbocycles. The van der Waals surface area contributed by atoms with Crippen molar-refractivity contribution in [3.8, 4) is 0 Å². The molecule has 0 amide bonds. The number of benzene rings is 1. The number of aryl methyl sites for hydroxylation is 2. The van der Waals surface area contributed by atoms with Gasteiger partial charge < -0.3 is 5.32 Å². The van der Waals surface area contributed by atoms with Gasteiger partial charge in [0.05, 0.1) is 0 Å². The van der Waals surface area contributed by atoms with Crippen molar-refractivity contribution in [2.75, 3.05) is 12.3 Å². The Balaban J connectivity index is 1.77. The van der Waals surface area contributed by atoms with Gasteiger partial charge in [-0.05, 0) is 62.8 Å². The summed E-state index contributed by atoms with van der Waals surface area (Å²) in [6.45, 7) is 7.86. The summed E-state index contributed by atoms with van der Waals surface area (Å²) < 4.78 is 0. The van der Waals surface area contributed by atoms with E-state index < -0.39 is 0 Å². The van der Waals surface area contributed by atoms with Gasteiger partial charge in [-0.15, -0.1) is 11.8 Å². The summed E-state index contributed by atoms with van der Waals surface area (Å²) in [6, 6.07) is 7.02. The molecular formula is C16H25NS. The fraction of sp³-hybridized carbons (Fsp3) is 0.625. The van der Waals surface area contributed by atoms with Crippen LogP contribution in [0.1, 0.15) is 44.7 Å². The van der Waals surface area contributed by atoms with Gasteiger partial charge in [0.25, 0.3) is 0 Å². The third-order valence-electron chi connectivity index (χ3n) is 3.93. The van der Waals surface area contributed by atoms with Crippen molar-refractivity contribution < 1.29 is 0 Å². The quantitative estimate of drug-likeness (QED) is 0.614. The first-order valence-corrected chi connectivity index (χ1v) is 8.09. The number of nitrogens with one attached hydrogen (secondary N) is 1. The van der Waals surface area contributed by atoms with Crippen molar-refractivity contribution in [1.29, 1.82) is 0 Å². The maximum Gasteiger partial charge on any atom is 0.0122 e. The van der Waals surface area contributed by atoms with Gasteiger partial charge in [-0.2, -0.15) is 0 Å². The second kappa shape index (κ2) is 6.12. The first-order valence-electron chi connectivity index (χ1n) is 7.10. The van der Waals surface area contributed by atoms with Crippen LogP contribution in [0.25, 0.3) is 0 Å². The minimum absolute atomic E-state index is 0.276. The molecule has 0 spiro atoms. The van der Waals surface area contributed by atoms with Crippen molar-refractivity contribution >= 4 is 11.8 Å². The third kappa shape index (κ3) is 3.76. The van der Waals surface area contributed by atoms with Crippen molar-refractivity contribution in [2.45, 2.75) is 56.9 Å². The summed E-state index contributed by atoms with van der Waals surface area (Å²) in [5, 5.41) is 3.61. The first-order chi connectivity index (χ1) is 8.61. The molecule has 1 nitrogen and oxygen atoms in total. The monoisotopic (exact) mass is 263 g/mol. The predicted octanol–water partition coefficient (Wildman–Crippen LogP) is 4.05. The van der Waals surface area contributed by atoms with Gasteiger partial charge >= 0.3 is 0 Å². The molecule has 0 radical (unpaired) electrons. The first kappa shape index (κ1) is 14.0. The second-order valence-electron chi connectivity index (χ2n) is 5.80. The summed E-state index contributed by atoms with van der Waals surface area (Å²) in [4.78, 5) is 1.44. The van der Waals surface area contributed by atoms with Gasteiger partial charge in [-0.25, -0.2) is 0 Å². The van der Waals surface area contributed by atoms with E-state index in [0.717, 1.165) is 12.3 Å². The molecule has 0 fully saturated rings. The predicted molar refractivity (Wildman–Crippen MR) is 81.6 cm³/mol. The number of rotatable bonds is 6. The molecular weight excluding hydrogens is 238 g/mol. The fourth-order valence-electron chi connectivity index (χ4n) is 2.32. The molecule has 0 heterocycles. The Labute approximate surface area is 116 Å². The molecule has 100 valence electrons. The lowest BCUT2D eigenvalue weighted by Crippen LogP contribution is -2.39.